The van der Waals surface area contributed by atoms with Crippen molar-refractivity contribution in [2.45, 2.75) is 25.2 Å². The fourth-order valence-electron chi connectivity index (χ4n) is 2.82. The van der Waals surface area contributed by atoms with E-state index in [9.17, 15) is 4.79 Å². The van der Waals surface area contributed by atoms with Gasteiger partial charge in [-0.2, -0.15) is 0 Å². The maximum absolute atomic E-state index is 11.8. The monoisotopic (exact) mass is 352 g/mol. The van der Waals surface area contributed by atoms with Gasteiger partial charge in [-0.3, -0.25) is 15.6 Å². The molecule has 0 aliphatic rings. The first-order chi connectivity index (χ1) is 12.4. The van der Waals surface area contributed by atoms with Crippen molar-refractivity contribution in [2.75, 3.05) is 7.11 Å². The van der Waals surface area contributed by atoms with E-state index in [-0.39, 0.29) is 30.0 Å². The number of hydrogen-bond donors (Lipinski definition) is 4. The maximum Gasteiger partial charge on any atom is 0.306 e. The lowest BCUT2D eigenvalue weighted by atomic mass is 9.88. The second-order valence-corrected chi connectivity index (χ2v) is 6.17. The molecule has 0 saturated carbocycles. The fourth-order valence-corrected chi connectivity index (χ4v) is 2.82. The van der Waals surface area contributed by atoms with Gasteiger partial charge in [0.2, 0.25) is 0 Å². The molecule has 0 bridgehead atoms. The van der Waals surface area contributed by atoms with E-state index in [1.807, 2.05) is 42.5 Å². The van der Waals surface area contributed by atoms with Gasteiger partial charge in [0, 0.05) is 11.1 Å². The van der Waals surface area contributed by atoms with Gasteiger partial charge in [0.25, 0.3) is 0 Å². The van der Waals surface area contributed by atoms with Crippen LogP contribution in [0, 0.1) is 10.8 Å². The number of ether oxygens (including phenoxy) is 1. The Morgan fingerprint density at radius 1 is 1.04 bits per heavy atom. The molecular formula is C20H24N4O2. The molecule has 26 heavy (non-hydrogen) atoms. The number of nitrogen functional groups attached to an aromatic ring is 2. The molecule has 0 fully saturated rings. The Kier molecular flexibility index (Phi) is 6.49. The average molecular weight is 352 g/mol. The number of aryl methyl sites for hydroxylation is 1. The number of rotatable bonds is 8. The molecule has 6 N–H and O–H groups in total. The van der Waals surface area contributed by atoms with Gasteiger partial charge in [0.1, 0.15) is 11.7 Å². The van der Waals surface area contributed by atoms with Crippen LogP contribution in [-0.2, 0) is 16.0 Å². The van der Waals surface area contributed by atoms with E-state index in [0.717, 1.165) is 24.0 Å². The zero-order chi connectivity index (χ0) is 19.1. The van der Waals surface area contributed by atoms with Gasteiger partial charge in [-0.1, -0.05) is 42.5 Å². The van der Waals surface area contributed by atoms with Crippen molar-refractivity contribution in [3.63, 3.8) is 0 Å². The van der Waals surface area contributed by atoms with Crippen LogP contribution in [0.1, 0.15) is 41.0 Å². The minimum atomic E-state index is -0.268. The van der Waals surface area contributed by atoms with Crippen LogP contribution in [0.4, 0.5) is 0 Å². The standard InChI is InChI=1S/C20H24N4O2/c1-26-18(25)12-16(15-3-2-4-17(11-15)20(23)24)10-7-13-5-8-14(9-6-13)19(21)22/h2-6,8-9,11,16H,7,10,12H2,1H3,(H3,21,22)(H3,23,24)/t16-/m0/s1. The largest absolute Gasteiger partial charge is 0.469 e. The van der Waals surface area contributed by atoms with E-state index in [2.05, 4.69) is 0 Å². The fraction of sp³-hybridized carbons (Fsp3) is 0.250. The Hall–Kier alpha value is -3.15. The third-order valence-electron chi connectivity index (χ3n) is 4.36. The highest BCUT2D eigenvalue weighted by Gasteiger charge is 2.17. The number of hydrogen-bond acceptors (Lipinski definition) is 4. The van der Waals surface area contributed by atoms with Gasteiger partial charge in [-0.25, -0.2) is 0 Å². The SMILES string of the molecule is COC(=O)C[C@H](CCc1ccc(C(=N)N)cc1)c1cccc(C(=N)N)c1. The number of esters is 1. The first kappa shape index (κ1) is 19.2. The molecule has 2 rings (SSSR count). The summed E-state index contributed by atoms with van der Waals surface area (Å²) in [6.07, 6.45) is 1.78. The Morgan fingerprint density at radius 2 is 1.69 bits per heavy atom. The minimum absolute atomic E-state index is 0.00323. The topological polar surface area (TPSA) is 126 Å². The van der Waals surface area contributed by atoms with Crippen LogP contribution in [0.3, 0.4) is 0 Å². The lowest BCUT2D eigenvalue weighted by Crippen LogP contribution is -2.14. The van der Waals surface area contributed by atoms with Crippen molar-refractivity contribution >= 4 is 17.6 Å². The molecule has 0 aromatic heterocycles. The number of carbonyl (C=O) groups excluding carboxylic acids is 1. The van der Waals surface area contributed by atoms with E-state index in [4.69, 9.17) is 27.0 Å². The van der Waals surface area contributed by atoms with Gasteiger partial charge >= 0.3 is 5.97 Å². The zero-order valence-corrected chi connectivity index (χ0v) is 14.8. The molecule has 6 nitrogen and oxygen atoms in total. The summed E-state index contributed by atoms with van der Waals surface area (Å²) < 4.78 is 4.83. The van der Waals surface area contributed by atoms with E-state index in [1.54, 1.807) is 6.07 Å². The summed E-state index contributed by atoms with van der Waals surface area (Å²) in [7, 11) is 1.38. The van der Waals surface area contributed by atoms with Crippen molar-refractivity contribution in [1.82, 2.24) is 0 Å². The highest BCUT2D eigenvalue weighted by atomic mass is 16.5. The lowest BCUT2D eigenvalue weighted by Gasteiger charge is -2.17. The van der Waals surface area contributed by atoms with Gasteiger partial charge in [0.15, 0.2) is 0 Å². The van der Waals surface area contributed by atoms with Crippen LogP contribution < -0.4 is 11.5 Å². The van der Waals surface area contributed by atoms with Gasteiger partial charge in [-0.05, 0) is 36.0 Å². The number of nitrogens with one attached hydrogen (secondary N) is 2. The molecule has 2 aromatic rings. The Bertz CT molecular complexity index is 800. The average Bonchev–Trinajstić information content (AvgIpc) is 2.65. The molecule has 0 radical (unpaired) electrons. The summed E-state index contributed by atoms with van der Waals surface area (Å²) >= 11 is 0. The van der Waals surface area contributed by atoms with E-state index < -0.39 is 0 Å². The van der Waals surface area contributed by atoms with Crippen molar-refractivity contribution in [3.8, 4) is 0 Å². The van der Waals surface area contributed by atoms with Crippen molar-refractivity contribution < 1.29 is 9.53 Å². The first-order valence-corrected chi connectivity index (χ1v) is 8.35. The zero-order valence-electron chi connectivity index (χ0n) is 14.8. The van der Waals surface area contributed by atoms with Gasteiger partial charge < -0.3 is 16.2 Å². The predicted octanol–water partition coefficient (Wildman–Crippen LogP) is 2.53. The number of carbonyl (C=O) groups is 1. The third-order valence-corrected chi connectivity index (χ3v) is 4.36. The van der Waals surface area contributed by atoms with E-state index in [0.29, 0.717) is 11.1 Å². The van der Waals surface area contributed by atoms with Crippen LogP contribution in [0.5, 0.6) is 0 Å². The molecule has 0 heterocycles. The van der Waals surface area contributed by atoms with Crippen molar-refractivity contribution in [1.29, 1.82) is 10.8 Å². The van der Waals surface area contributed by atoms with Crippen LogP contribution in [-0.4, -0.2) is 24.8 Å². The minimum Gasteiger partial charge on any atom is -0.469 e. The second kappa shape index (κ2) is 8.80. The van der Waals surface area contributed by atoms with Crippen LogP contribution in [0.25, 0.3) is 0 Å². The summed E-state index contributed by atoms with van der Waals surface area (Å²) in [5, 5.41) is 15.0. The Morgan fingerprint density at radius 3 is 2.27 bits per heavy atom. The summed E-state index contributed by atoms with van der Waals surface area (Å²) in [5.41, 5.74) is 14.4. The Balaban J connectivity index is 2.16. The number of amidine groups is 2. The molecule has 136 valence electrons. The maximum atomic E-state index is 11.8. The Labute approximate surface area is 153 Å². The van der Waals surface area contributed by atoms with Gasteiger partial charge in [0.05, 0.1) is 13.5 Å². The lowest BCUT2D eigenvalue weighted by molar-refractivity contribution is -0.141. The molecule has 0 amide bonds. The van der Waals surface area contributed by atoms with Crippen LogP contribution in [0.15, 0.2) is 48.5 Å². The number of methoxy groups -OCH3 is 1. The second-order valence-electron chi connectivity index (χ2n) is 6.17. The summed E-state index contributed by atoms with van der Waals surface area (Å²) in [4.78, 5) is 11.8. The molecule has 6 heteroatoms. The van der Waals surface area contributed by atoms with Crippen molar-refractivity contribution in [3.05, 3.63) is 70.8 Å². The molecule has 2 aromatic carbocycles. The number of nitrogens with two attached hydrogens (primary N) is 2. The molecule has 1 atom stereocenters. The highest BCUT2D eigenvalue weighted by Crippen LogP contribution is 2.27. The quantitative estimate of drug-likeness (QED) is 0.331. The molecule has 0 aliphatic heterocycles. The van der Waals surface area contributed by atoms with Crippen LogP contribution in [0.2, 0.25) is 0 Å². The first-order valence-electron chi connectivity index (χ1n) is 8.35. The highest BCUT2D eigenvalue weighted by molar-refractivity contribution is 5.95. The van der Waals surface area contributed by atoms with E-state index >= 15 is 0 Å². The molecule has 0 saturated heterocycles. The van der Waals surface area contributed by atoms with Crippen molar-refractivity contribution in [2.24, 2.45) is 11.5 Å². The van der Waals surface area contributed by atoms with Crippen LogP contribution >= 0.6 is 0 Å². The predicted molar refractivity (Wildman–Crippen MR) is 103 cm³/mol. The van der Waals surface area contributed by atoms with E-state index in [1.165, 1.54) is 7.11 Å². The summed E-state index contributed by atoms with van der Waals surface area (Å²) in [5.74, 6) is -0.256. The summed E-state index contributed by atoms with van der Waals surface area (Å²) in [6.45, 7) is 0. The normalized spacial score (nSPS) is 11.6. The molecular weight excluding hydrogens is 328 g/mol. The van der Waals surface area contributed by atoms with Gasteiger partial charge in [-0.15, -0.1) is 0 Å². The third kappa shape index (κ3) is 5.17. The number of benzene rings is 2. The molecule has 0 spiro atoms. The molecule has 0 aliphatic carbocycles. The smallest absolute Gasteiger partial charge is 0.306 e. The summed E-state index contributed by atoms with van der Waals surface area (Å²) in [6, 6.07) is 15.0. The molecule has 0 unspecified atom stereocenters.